The molecule has 0 saturated carbocycles. The lowest BCUT2D eigenvalue weighted by Crippen LogP contribution is -2.30. The van der Waals surface area contributed by atoms with Crippen LogP contribution in [0.15, 0.2) is 41.3 Å². The quantitative estimate of drug-likeness (QED) is 0.708. The molecule has 0 aliphatic heterocycles. The first-order valence-electron chi connectivity index (χ1n) is 8.33. The van der Waals surface area contributed by atoms with Crippen LogP contribution in [0.2, 0.25) is 0 Å². The molecule has 0 fully saturated rings. The first-order valence-corrected chi connectivity index (χ1v) is 9.87. The van der Waals surface area contributed by atoms with E-state index in [1.165, 1.54) is 26.2 Å². The van der Waals surface area contributed by atoms with Crippen LogP contribution in [0.4, 0.5) is 5.69 Å². The van der Waals surface area contributed by atoms with Gasteiger partial charge in [0.25, 0.3) is 5.91 Å². The predicted molar refractivity (Wildman–Crippen MR) is 104 cm³/mol. The molecule has 0 saturated heterocycles. The van der Waals surface area contributed by atoms with Crippen LogP contribution in [-0.4, -0.2) is 33.5 Å². The van der Waals surface area contributed by atoms with E-state index in [1.807, 2.05) is 26.0 Å². The minimum atomic E-state index is -4.02. The molecule has 2 aromatic carbocycles. The number of hydrogen-bond acceptors (Lipinski definition) is 6. The molecular formula is C19H22N2O6S. The number of methoxy groups -OCH3 is 1. The fourth-order valence-corrected chi connectivity index (χ4v) is 2.95. The molecule has 2 rings (SSSR count). The molecule has 150 valence electrons. The zero-order valence-corrected chi connectivity index (χ0v) is 16.8. The smallest absolute Gasteiger partial charge is 0.342 e. The van der Waals surface area contributed by atoms with Gasteiger partial charge in [0, 0.05) is 5.69 Å². The molecule has 1 atom stereocenters. The number of amides is 1. The third kappa shape index (κ3) is 5.08. The Labute approximate surface area is 163 Å². The zero-order valence-electron chi connectivity index (χ0n) is 16.0. The fourth-order valence-electron chi connectivity index (χ4n) is 2.41. The van der Waals surface area contributed by atoms with Crippen molar-refractivity contribution >= 4 is 27.6 Å². The molecule has 0 aliphatic carbocycles. The number of benzene rings is 2. The summed E-state index contributed by atoms with van der Waals surface area (Å²) < 4.78 is 33.3. The Morgan fingerprint density at radius 1 is 1.11 bits per heavy atom. The first-order chi connectivity index (χ1) is 13.0. The maximum absolute atomic E-state index is 12.5. The Balaban J connectivity index is 2.19. The first kappa shape index (κ1) is 21.4. The van der Waals surface area contributed by atoms with Crippen LogP contribution in [0.1, 0.15) is 28.4 Å². The van der Waals surface area contributed by atoms with E-state index in [4.69, 9.17) is 14.6 Å². The number of sulfonamides is 1. The second kappa shape index (κ2) is 8.41. The molecule has 0 aromatic heterocycles. The van der Waals surface area contributed by atoms with E-state index in [9.17, 15) is 18.0 Å². The van der Waals surface area contributed by atoms with Gasteiger partial charge in [-0.05, 0) is 56.2 Å². The highest BCUT2D eigenvalue weighted by Gasteiger charge is 2.23. The summed E-state index contributed by atoms with van der Waals surface area (Å²) in [7, 11) is -2.70. The van der Waals surface area contributed by atoms with Crippen molar-refractivity contribution in [3.05, 3.63) is 53.1 Å². The Kier molecular flexibility index (Phi) is 6.42. The topological polar surface area (TPSA) is 125 Å². The standard InChI is InChI=1S/C19H22N2O6S/c1-11-5-6-12(2)16(9-11)21-18(22)13(3)27-19(23)15-10-14(28(20,24)25)7-8-17(15)26-4/h5-10,13H,1-4H3,(H,21,22)(H2,20,24,25)/t13-/m1/s1. The maximum atomic E-state index is 12.5. The molecule has 0 heterocycles. The van der Waals surface area contributed by atoms with Gasteiger partial charge < -0.3 is 14.8 Å². The second-order valence-corrected chi connectivity index (χ2v) is 7.82. The third-order valence-electron chi connectivity index (χ3n) is 4.02. The summed E-state index contributed by atoms with van der Waals surface area (Å²) >= 11 is 0. The molecule has 8 nitrogen and oxygen atoms in total. The molecule has 0 unspecified atom stereocenters. The Hall–Kier alpha value is -2.91. The van der Waals surface area contributed by atoms with Gasteiger partial charge in [-0.3, -0.25) is 4.79 Å². The average molecular weight is 406 g/mol. The van der Waals surface area contributed by atoms with Crippen LogP contribution >= 0.6 is 0 Å². The maximum Gasteiger partial charge on any atom is 0.342 e. The van der Waals surface area contributed by atoms with Gasteiger partial charge in [-0.2, -0.15) is 0 Å². The predicted octanol–water partition coefficient (Wildman–Crippen LogP) is 2.14. The molecule has 0 spiro atoms. The number of ether oxygens (including phenoxy) is 2. The van der Waals surface area contributed by atoms with Gasteiger partial charge in [0.2, 0.25) is 10.0 Å². The molecule has 0 bridgehead atoms. The monoisotopic (exact) mass is 406 g/mol. The van der Waals surface area contributed by atoms with E-state index in [-0.39, 0.29) is 16.2 Å². The van der Waals surface area contributed by atoms with Gasteiger partial charge in [-0.25, -0.2) is 18.4 Å². The van der Waals surface area contributed by atoms with Crippen molar-refractivity contribution in [1.29, 1.82) is 0 Å². The van der Waals surface area contributed by atoms with Gasteiger partial charge >= 0.3 is 5.97 Å². The lowest BCUT2D eigenvalue weighted by atomic mass is 10.1. The molecular weight excluding hydrogens is 384 g/mol. The van der Waals surface area contributed by atoms with Crippen LogP contribution in [0, 0.1) is 13.8 Å². The number of nitrogens with two attached hydrogens (primary N) is 1. The van der Waals surface area contributed by atoms with E-state index >= 15 is 0 Å². The van der Waals surface area contributed by atoms with Crippen molar-refractivity contribution in [3.8, 4) is 5.75 Å². The molecule has 1 amide bonds. The van der Waals surface area contributed by atoms with E-state index in [2.05, 4.69) is 5.32 Å². The van der Waals surface area contributed by atoms with Crippen LogP contribution in [-0.2, 0) is 19.6 Å². The van der Waals surface area contributed by atoms with Crippen LogP contribution < -0.4 is 15.2 Å². The van der Waals surface area contributed by atoms with Crippen molar-refractivity contribution < 1.29 is 27.5 Å². The van der Waals surface area contributed by atoms with Crippen molar-refractivity contribution in [2.24, 2.45) is 5.14 Å². The Bertz CT molecular complexity index is 1020. The molecule has 0 aliphatic rings. The summed E-state index contributed by atoms with van der Waals surface area (Å²) in [6.45, 7) is 5.15. The summed E-state index contributed by atoms with van der Waals surface area (Å²) in [5.41, 5.74) is 2.29. The van der Waals surface area contributed by atoms with E-state index < -0.39 is 28.0 Å². The summed E-state index contributed by atoms with van der Waals surface area (Å²) in [4.78, 5) is 24.6. The van der Waals surface area contributed by atoms with Gasteiger partial charge in [-0.1, -0.05) is 12.1 Å². The minimum Gasteiger partial charge on any atom is -0.496 e. The van der Waals surface area contributed by atoms with Gasteiger partial charge in [0.05, 0.1) is 12.0 Å². The lowest BCUT2D eigenvalue weighted by molar-refractivity contribution is -0.123. The van der Waals surface area contributed by atoms with E-state index in [0.717, 1.165) is 17.2 Å². The van der Waals surface area contributed by atoms with Crippen molar-refractivity contribution in [2.45, 2.75) is 31.8 Å². The largest absolute Gasteiger partial charge is 0.496 e. The fraction of sp³-hybridized carbons (Fsp3) is 0.263. The number of esters is 1. The van der Waals surface area contributed by atoms with Crippen LogP contribution in [0.25, 0.3) is 0 Å². The minimum absolute atomic E-state index is 0.0968. The van der Waals surface area contributed by atoms with Crippen LogP contribution in [0.3, 0.4) is 0 Å². The Morgan fingerprint density at radius 2 is 1.79 bits per heavy atom. The molecule has 0 radical (unpaired) electrons. The number of nitrogens with one attached hydrogen (secondary N) is 1. The van der Waals surface area contributed by atoms with Crippen molar-refractivity contribution in [2.75, 3.05) is 12.4 Å². The molecule has 28 heavy (non-hydrogen) atoms. The summed E-state index contributed by atoms with van der Waals surface area (Å²) in [5, 5.41) is 7.80. The number of carbonyl (C=O) groups is 2. The number of rotatable bonds is 6. The number of carbonyl (C=O) groups excluding carboxylic acids is 2. The number of primary sulfonamides is 1. The Morgan fingerprint density at radius 3 is 2.39 bits per heavy atom. The third-order valence-corrected chi connectivity index (χ3v) is 4.93. The number of anilines is 1. The highest BCUT2D eigenvalue weighted by molar-refractivity contribution is 7.89. The summed E-state index contributed by atoms with van der Waals surface area (Å²) in [5.74, 6) is -1.34. The lowest BCUT2D eigenvalue weighted by Gasteiger charge is -2.16. The van der Waals surface area contributed by atoms with E-state index in [1.54, 1.807) is 6.07 Å². The van der Waals surface area contributed by atoms with Crippen LogP contribution in [0.5, 0.6) is 5.75 Å². The number of aryl methyl sites for hydroxylation is 2. The highest BCUT2D eigenvalue weighted by atomic mass is 32.2. The van der Waals surface area contributed by atoms with Gasteiger partial charge in [-0.15, -0.1) is 0 Å². The summed E-state index contributed by atoms with van der Waals surface area (Å²) in [6.07, 6.45) is -1.13. The normalized spacial score (nSPS) is 12.2. The molecule has 2 aromatic rings. The highest BCUT2D eigenvalue weighted by Crippen LogP contribution is 2.23. The van der Waals surface area contributed by atoms with Crippen molar-refractivity contribution in [1.82, 2.24) is 0 Å². The zero-order chi connectivity index (χ0) is 21.1. The van der Waals surface area contributed by atoms with Gasteiger partial charge in [0.15, 0.2) is 6.10 Å². The average Bonchev–Trinajstić information content (AvgIpc) is 2.63. The number of hydrogen-bond donors (Lipinski definition) is 2. The molecule has 3 N–H and O–H groups in total. The second-order valence-electron chi connectivity index (χ2n) is 6.26. The summed E-state index contributed by atoms with van der Waals surface area (Å²) in [6, 6.07) is 9.13. The van der Waals surface area contributed by atoms with Gasteiger partial charge in [0.1, 0.15) is 11.3 Å². The van der Waals surface area contributed by atoms with E-state index in [0.29, 0.717) is 5.69 Å². The molecule has 9 heteroatoms. The SMILES string of the molecule is COc1ccc(S(N)(=O)=O)cc1C(=O)O[C@H](C)C(=O)Nc1cc(C)ccc1C. The van der Waals surface area contributed by atoms with Crippen molar-refractivity contribution in [3.63, 3.8) is 0 Å².